The molecule has 0 N–H and O–H groups in total. The van der Waals surface area contributed by atoms with E-state index in [0.29, 0.717) is 11.4 Å². The first-order chi connectivity index (χ1) is 12.0. The van der Waals surface area contributed by atoms with Gasteiger partial charge in [0.15, 0.2) is 5.11 Å². The molecular formula is C16H11N3O5S. The Bertz CT molecular complexity index is 897. The van der Waals surface area contributed by atoms with Gasteiger partial charge in [-0.05, 0) is 42.5 Å². The number of rotatable bonds is 4. The molecule has 1 saturated heterocycles. The summed E-state index contributed by atoms with van der Waals surface area (Å²) in [6.45, 7) is 0. The van der Waals surface area contributed by atoms with Crippen LogP contribution >= 0.6 is 12.2 Å². The van der Waals surface area contributed by atoms with E-state index < -0.39 is 16.7 Å². The molecule has 25 heavy (non-hydrogen) atoms. The molecular weight excluding hydrogens is 346 g/mol. The largest absolute Gasteiger partial charge is 0.497 e. The average molecular weight is 357 g/mol. The molecule has 1 aliphatic heterocycles. The highest BCUT2D eigenvalue weighted by Gasteiger charge is 2.45. The van der Waals surface area contributed by atoms with Crippen LogP contribution in [0.3, 0.4) is 0 Å². The number of thiocarbonyl (C=S) groups is 1. The molecule has 3 rings (SSSR count). The minimum Gasteiger partial charge on any atom is -0.497 e. The number of nitro benzene ring substituents is 1. The van der Waals surface area contributed by atoms with Crippen molar-refractivity contribution < 1.29 is 19.2 Å². The molecule has 126 valence electrons. The molecule has 0 aromatic heterocycles. The second-order valence-corrected chi connectivity index (χ2v) is 5.37. The summed E-state index contributed by atoms with van der Waals surface area (Å²) in [5, 5.41) is 11.1. The second-order valence-electron chi connectivity index (χ2n) is 5.01. The van der Waals surface area contributed by atoms with Gasteiger partial charge < -0.3 is 4.74 Å². The van der Waals surface area contributed by atoms with E-state index >= 15 is 0 Å². The third kappa shape index (κ3) is 2.70. The Morgan fingerprint density at radius 2 is 1.60 bits per heavy atom. The summed E-state index contributed by atoms with van der Waals surface area (Å²) in [5.74, 6) is -1.26. The van der Waals surface area contributed by atoms with Gasteiger partial charge >= 0.3 is 11.8 Å². The summed E-state index contributed by atoms with van der Waals surface area (Å²) in [5.41, 5.74) is -0.000299. The summed E-state index contributed by atoms with van der Waals surface area (Å²) in [6, 6.07) is 12.0. The third-order valence-corrected chi connectivity index (χ3v) is 3.99. The molecule has 2 aromatic carbocycles. The van der Waals surface area contributed by atoms with E-state index in [4.69, 9.17) is 17.0 Å². The number of amides is 2. The number of carbonyl (C=O) groups is 2. The van der Waals surface area contributed by atoms with Gasteiger partial charge in [-0.2, -0.15) is 0 Å². The number of hydrogen-bond acceptors (Lipinski definition) is 6. The predicted molar refractivity (Wildman–Crippen MR) is 93.7 cm³/mol. The second kappa shape index (κ2) is 6.29. The Hall–Kier alpha value is -3.33. The fourth-order valence-electron chi connectivity index (χ4n) is 2.44. The lowest BCUT2D eigenvalue weighted by Crippen LogP contribution is -2.33. The van der Waals surface area contributed by atoms with Crippen molar-refractivity contribution in [3.8, 4) is 5.75 Å². The smallest absolute Gasteiger partial charge is 0.323 e. The number of nitrogens with zero attached hydrogens (tertiary/aromatic N) is 3. The lowest BCUT2D eigenvalue weighted by molar-refractivity contribution is -0.384. The van der Waals surface area contributed by atoms with E-state index in [9.17, 15) is 19.7 Å². The number of carbonyl (C=O) groups excluding carboxylic acids is 2. The van der Waals surface area contributed by atoms with Crippen LogP contribution < -0.4 is 14.5 Å². The molecule has 1 heterocycles. The number of nitro groups is 1. The predicted octanol–water partition coefficient (Wildman–Crippen LogP) is 2.27. The van der Waals surface area contributed by atoms with Crippen LogP contribution in [0.5, 0.6) is 5.75 Å². The van der Waals surface area contributed by atoms with Gasteiger partial charge in [0.05, 0.1) is 17.7 Å². The van der Waals surface area contributed by atoms with E-state index in [1.54, 1.807) is 24.3 Å². The maximum Gasteiger partial charge on any atom is 0.323 e. The van der Waals surface area contributed by atoms with Gasteiger partial charge in [0.1, 0.15) is 11.4 Å². The van der Waals surface area contributed by atoms with Crippen LogP contribution in [0, 0.1) is 10.1 Å². The topological polar surface area (TPSA) is 93.0 Å². The summed E-state index contributed by atoms with van der Waals surface area (Å²) < 4.78 is 5.05. The molecule has 0 atom stereocenters. The molecule has 0 radical (unpaired) electrons. The van der Waals surface area contributed by atoms with Gasteiger partial charge in [-0.15, -0.1) is 0 Å². The van der Waals surface area contributed by atoms with E-state index in [-0.39, 0.29) is 16.5 Å². The highest BCUT2D eigenvalue weighted by molar-refractivity contribution is 7.81. The fourth-order valence-corrected chi connectivity index (χ4v) is 2.81. The van der Waals surface area contributed by atoms with E-state index in [2.05, 4.69) is 0 Å². The number of hydrogen-bond donors (Lipinski definition) is 0. The summed E-state index contributed by atoms with van der Waals surface area (Å²) >= 11 is 5.24. The summed E-state index contributed by atoms with van der Waals surface area (Å²) in [7, 11) is 1.50. The molecule has 0 saturated carbocycles. The van der Waals surface area contributed by atoms with Gasteiger partial charge in [0.2, 0.25) is 0 Å². The van der Waals surface area contributed by atoms with E-state index in [1.807, 2.05) is 0 Å². The van der Waals surface area contributed by atoms with Crippen molar-refractivity contribution in [2.24, 2.45) is 0 Å². The Morgan fingerprint density at radius 1 is 1.00 bits per heavy atom. The van der Waals surface area contributed by atoms with Crippen LogP contribution in [0.4, 0.5) is 17.1 Å². The minimum atomic E-state index is -0.949. The average Bonchev–Trinajstić information content (AvgIpc) is 2.84. The molecule has 0 aliphatic carbocycles. The van der Waals surface area contributed by atoms with Crippen molar-refractivity contribution in [2.75, 3.05) is 16.9 Å². The molecule has 1 aliphatic rings. The van der Waals surface area contributed by atoms with Crippen molar-refractivity contribution >= 4 is 46.2 Å². The number of anilines is 2. The quantitative estimate of drug-likeness (QED) is 0.361. The van der Waals surface area contributed by atoms with Gasteiger partial charge in [-0.1, -0.05) is 12.1 Å². The fraction of sp³-hybridized carbons (Fsp3) is 0.0625. The number of benzene rings is 2. The van der Waals surface area contributed by atoms with Crippen molar-refractivity contribution in [1.82, 2.24) is 0 Å². The zero-order valence-corrected chi connectivity index (χ0v) is 13.7. The first-order valence-electron chi connectivity index (χ1n) is 7.05. The minimum absolute atomic E-state index is 0.0492. The Kier molecular flexibility index (Phi) is 4.15. The Labute approximate surface area is 147 Å². The van der Waals surface area contributed by atoms with Crippen LogP contribution in [0.15, 0.2) is 48.5 Å². The SMILES string of the molecule is COc1ccc(N2C(=O)C(=O)N(c3ccccc3[N+](=O)[O-])C2=S)cc1. The van der Waals surface area contributed by atoms with Crippen molar-refractivity contribution in [3.63, 3.8) is 0 Å². The zero-order valence-electron chi connectivity index (χ0n) is 12.9. The summed E-state index contributed by atoms with van der Waals surface area (Å²) in [4.78, 5) is 37.3. The highest BCUT2D eigenvalue weighted by atomic mass is 32.1. The molecule has 0 spiro atoms. The maximum atomic E-state index is 12.4. The molecule has 8 nitrogen and oxygen atoms in total. The molecule has 1 fully saturated rings. The lowest BCUT2D eigenvalue weighted by Gasteiger charge is -2.18. The van der Waals surface area contributed by atoms with Crippen LogP contribution in [0.1, 0.15) is 0 Å². The first kappa shape index (κ1) is 16.5. The van der Waals surface area contributed by atoms with Gasteiger partial charge in [-0.25, -0.2) is 9.80 Å². The van der Waals surface area contributed by atoms with Crippen LogP contribution in [-0.4, -0.2) is 29.0 Å². The molecule has 9 heteroatoms. The van der Waals surface area contributed by atoms with E-state index in [1.165, 1.54) is 31.4 Å². The van der Waals surface area contributed by atoms with Crippen molar-refractivity contribution in [1.29, 1.82) is 0 Å². The molecule has 0 unspecified atom stereocenters. The number of para-hydroxylation sites is 2. The van der Waals surface area contributed by atoms with Crippen LogP contribution in [0.25, 0.3) is 0 Å². The molecule has 0 bridgehead atoms. The van der Waals surface area contributed by atoms with Crippen molar-refractivity contribution in [3.05, 3.63) is 58.6 Å². The molecule has 2 amide bonds. The van der Waals surface area contributed by atoms with Gasteiger partial charge in [0.25, 0.3) is 5.69 Å². The standard InChI is InChI=1S/C16H11N3O5S/c1-24-11-8-6-10(7-9-11)17-14(20)15(21)18(16(17)25)12-4-2-3-5-13(12)19(22)23/h2-9H,1H3. The normalized spacial score (nSPS) is 14.2. The summed E-state index contributed by atoms with van der Waals surface area (Å²) in [6.07, 6.45) is 0. The first-order valence-corrected chi connectivity index (χ1v) is 7.46. The third-order valence-electron chi connectivity index (χ3n) is 3.62. The monoisotopic (exact) mass is 357 g/mol. The zero-order chi connectivity index (χ0) is 18.1. The van der Waals surface area contributed by atoms with Gasteiger partial charge in [-0.3, -0.25) is 19.7 Å². The van der Waals surface area contributed by atoms with Gasteiger partial charge in [0, 0.05) is 6.07 Å². The number of ether oxygens (including phenoxy) is 1. The molecule has 2 aromatic rings. The maximum absolute atomic E-state index is 12.4. The number of methoxy groups -OCH3 is 1. The Morgan fingerprint density at radius 3 is 2.20 bits per heavy atom. The Balaban J connectivity index is 2.04. The highest BCUT2D eigenvalue weighted by Crippen LogP contribution is 2.33. The lowest BCUT2D eigenvalue weighted by atomic mass is 10.2. The van der Waals surface area contributed by atoms with E-state index in [0.717, 1.165) is 9.80 Å². The van der Waals surface area contributed by atoms with Crippen LogP contribution in [0.2, 0.25) is 0 Å². The van der Waals surface area contributed by atoms with Crippen LogP contribution in [-0.2, 0) is 9.59 Å². The van der Waals surface area contributed by atoms with Crippen molar-refractivity contribution in [2.45, 2.75) is 0 Å².